The number of aromatic nitrogens is 5. The van der Waals surface area contributed by atoms with Gasteiger partial charge in [-0.15, -0.1) is 10.2 Å². The van der Waals surface area contributed by atoms with Crippen LogP contribution in [-0.4, -0.2) is 31.3 Å². The van der Waals surface area contributed by atoms with Gasteiger partial charge >= 0.3 is 0 Å². The Hall–Kier alpha value is -3.39. The minimum Gasteiger partial charge on any atom is -0.296 e. The van der Waals surface area contributed by atoms with Crippen molar-refractivity contribution in [2.24, 2.45) is 0 Å². The number of H-pyrrole nitrogens is 1. The number of nitrogens with one attached hydrogen (secondary N) is 2. The van der Waals surface area contributed by atoms with Crippen molar-refractivity contribution in [2.75, 3.05) is 5.32 Å². The molecule has 2 heterocycles. The van der Waals surface area contributed by atoms with E-state index in [4.69, 9.17) is 0 Å². The minimum atomic E-state index is -0.214. The summed E-state index contributed by atoms with van der Waals surface area (Å²) < 4.78 is 0. The van der Waals surface area contributed by atoms with Crippen molar-refractivity contribution >= 4 is 22.4 Å². The maximum Gasteiger partial charge on any atom is 0.257 e. The molecule has 0 unspecified atom stereocenters. The van der Waals surface area contributed by atoms with Gasteiger partial charge in [-0.25, -0.2) is 4.98 Å². The second kappa shape index (κ2) is 8.32. The van der Waals surface area contributed by atoms with Gasteiger partial charge in [-0.1, -0.05) is 61.6 Å². The number of nitrogens with zero attached hydrogens (tertiary/aromatic N) is 4. The SMILES string of the molecule is CC(C)c1ccc(-c2nnc(NC(=O)c3ccc(Cc4ncn[nH]4)cc3)s2)cc1. The van der Waals surface area contributed by atoms with Crippen LogP contribution < -0.4 is 5.32 Å². The van der Waals surface area contributed by atoms with Crippen LogP contribution in [0.4, 0.5) is 5.13 Å². The molecule has 7 nitrogen and oxygen atoms in total. The zero-order valence-electron chi connectivity index (χ0n) is 16.1. The Kier molecular flexibility index (Phi) is 5.44. The van der Waals surface area contributed by atoms with E-state index in [1.54, 1.807) is 12.1 Å². The fourth-order valence-electron chi connectivity index (χ4n) is 2.85. The quantitative estimate of drug-likeness (QED) is 0.500. The van der Waals surface area contributed by atoms with E-state index >= 15 is 0 Å². The van der Waals surface area contributed by atoms with E-state index in [1.165, 1.54) is 23.2 Å². The van der Waals surface area contributed by atoms with Crippen molar-refractivity contribution < 1.29 is 4.79 Å². The molecule has 2 aromatic heterocycles. The molecule has 0 saturated carbocycles. The Morgan fingerprint density at radius 1 is 1.07 bits per heavy atom. The van der Waals surface area contributed by atoms with E-state index in [-0.39, 0.29) is 5.91 Å². The van der Waals surface area contributed by atoms with Gasteiger partial charge in [0.2, 0.25) is 5.13 Å². The van der Waals surface area contributed by atoms with Crippen LogP contribution in [0.3, 0.4) is 0 Å². The maximum absolute atomic E-state index is 12.5. The van der Waals surface area contributed by atoms with Crippen LogP contribution >= 0.6 is 11.3 Å². The number of aromatic amines is 1. The molecule has 146 valence electrons. The van der Waals surface area contributed by atoms with Crippen molar-refractivity contribution in [3.8, 4) is 10.6 Å². The summed E-state index contributed by atoms with van der Waals surface area (Å²) in [5.74, 6) is 1.05. The number of amides is 1. The van der Waals surface area contributed by atoms with Crippen molar-refractivity contribution in [3.05, 3.63) is 77.4 Å². The third kappa shape index (κ3) is 4.55. The largest absolute Gasteiger partial charge is 0.296 e. The second-order valence-electron chi connectivity index (χ2n) is 6.95. The molecule has 0 aliphatic heterocycles. The lowest BCUT2D eigenvalue weighted by Gasteiger charge is -2.05. The van der Waals surface area contributed by atoms with Crippen molar-refractivity contribution in [2.45, 2.75) is 26.2 Å². The van der Waals surface area contributed by atoms with Gasteiger partial charge in [0, 0.05) is 17.5 Å². The molecule has 0 spiro atoms. The molecule has 0 bridgehead atoms. The number of carbonyl (C=O) groups is 1. The topological polar surface area (TPSA) is 96.5 Å². The van der Waals surface area contributed by atoms with Crippen LogP contribution in [0.25, 0.3) is 10.6 Å². The highest BCUT2D eigenvalue weighted by Crippen LogP contribution is 2.28. The first-order chi connectivity index (χ1) is 14.1. The molecule has 0 fully saturated rings. The highest BCUT2D eigenvalue weighted by molar-refractivity contribution is 7.18. The van der Waals surface area contributed by atoms with Gasteiger partial charge in [0.1, 0.15) is 17.2 Å². The first-order valence-corrected chi connectivity index (χ1v) is 10.1. The summed E-state index contributed by atoms with van der Waals surface area (Å²) in [4.78, 5) is 16.6. The Labute approximate surface area is 172 Å². The normalized spacial score (nSPS) is 11.0. The molecule has 0 radical (unpaired) electrons. The van der Waals surface area contributed by atoms with Gasteiger partial charge in [-0.2, -0.15) is 5.10 Å². The highest BCUT2D eigenvalue weighted by atomic mass is 32.1. The Morgan fingerprint density at radius 3 is 2.48 bits per heavy atom. The first-order valence-electron chi connectivity index (χ1n) is 9.27. The van der Waals surface area contributed by atoms with Gasteiger partial charge in [-0.3, -0.25) is 15.2 Å². The van der Waals surface area contributed by atoms with Crippen LogP contribution in [-0.2, 0) is 6.42 Å². The molecule has 2 N–H and O–H groups in total. The average molecular weight is 404 g/mol. The number of carbonyl (C=O) groups excluding carboxylic acids is 1. The summed E-state index contributed by atoms with van der Waals surface area (Å²) in [6.07, 6.45) is 2.11. The third-order valence-corrected chi connectivity index (χ3v) is 5.41. The first kappa shape index (κ1) is 18.9. The van der Waals surface area contributed by atoms with Crippen LogP contribution in [0.5, 0.6) is 0 Å². The van der Waals surface area contributed by atoms with E-state index in [1.807, 2.05) is 24.3 Å². The molecule has 0 atom stereocenters. The van der Waals surface area contributed by atoms with E-state index in [0.29, 0.717) is 23.0 Å². The average Bonchev–Trinajstić information content (AvgIpc) is 3.41. The summed E-state index contributed by atoms with van der Waals surface area (Å²) in [5.41, 5.74) is 3.87. The predicted molar refractivity (Wildman–Crippen MR) is 113 cm³/mol. The molecular weight excluding hydrogens is 384 g/mol. The van der Waals surface area contributed by atoms with Gasteiger partial charge in [0.15, 0.2) is 0 Å². The Balaban J connectivity index is 1.41. The molecule has 2 aromatic carbocycles. The van der Waals surface area contributed by atoms with Gasteiger partial charge in [0.05, 0.1) is 0 Å². The summed E-state index contributed by atoms with van der Waals surface area (Å²) in [5, 5.41) is 19.0. The van der Waals surface area contributed by atoms with Gasteiger partial charge in [-0.05, 0) is 29.2 Å². The summed E-state index contributed by atoms with van der Waals surface area (Å²) in [6.45, 7) is 4.32. The molecule has 8 heteroatoms. The van der Waals surface area contributed by atoms with Crippen LogP contribution in [0, 0.1) is 0 Å². The van der Waals surface area contributed by atoms with Gasteiger partial charge in [0.25, 0.3) is 5.91 Å². The third-order valence-electron chi connectivity index (χ3n) is 4.52. The van der Waals surface area contributed by atoms with Crippen molar-refractivity contribution in [1.82, 2.24) is 25.4 Å². The smallest absolute Gasteiger partial charge is 0.257 e. The molecule has 0 aliphatic rings. The zero-order valence-corrected chi connectivity index (χ0v) is 16.9. The molecule has 0 aliphatic carbocycles. The summed E-state index contributed by atoms with van der Waals surface area (Å²) in [6, 6.07) is 15.6. The van der Waals surface area contributed by atoms with Gasteiger partial charge < -0.3 is 0 Å². The molecule has 0 saturated heterocycles. The van der Waals surface area contributed by atoms with E-state index < -0.39 is 0 Å². The van der Waals surface area contributed by atoms with E-state index in [2.05, 4.69) is 56.7 Å². The fraction of sp³-hybridized carbons (Fsp3) is 0.190. The number of benzene rings is 2. The standard InChI is InChI=1S/C21H20N6OS/c1-13(2)15-7-9-17(10-8-15)20-26-27-21(29-20)24-19(28)16-5-3-14(4-6-16)11-18-22-12-23-25-18/h3-10,12-13H,11H2,1-2H3,(H,22,23,25)(H,24,27,28). The number of hydrogen-bond acceptors (Lipinski definition) is 6. The minimum absolute atomic E-state index is 0.214. The van der Waals surface area contributed by atoms with Crippen molar-refractivity contribution in [1.29, 1.82) is 0 Å². The lowest BCUT2D eigenvalue weighted by molar-refractivity contribution is 0.102. The molecule has 1 amide bonds. The lowest BCUT2D eigenvalue weighted by atomic mass is 10.0. The van der Waals surface area contributed by atoms with Crippen LogP contribution in [0.2, 0.25) is 0 Å². The molecule has 4 aromatic rings. The Bertz CT molecular complexity index is 1090. The zero-order chi connectivity index (χ0) is 20.2. The summed E-state index contributed by atoms with van der Waals surface area (Å²) >= 11 is 1.36. The molecule has 29 heavy (non-hydrogen) atoms. The lowest BCUT2D eigenvalue weighted by Crippen LogP contribution is -2.11. The van der Waals surface area contributed by atoms with E-state index in [9.17, 15) is 4.79 Å². The maximum atomic E-state index is 12.5. The molecule has 4 rings (SSSR count). The molecular formula is C21H20N6OS. The van der Waals surface area contributed by atoms with Crippen LogP contribution in [0.15, 0.2) is 54.9 Å². The fourth-order valence-corrected chi connectivity index (χ4v) is 3.60. The number of hydrogen-bond donors (Lipinski definition) is 2. The van der Waals surface area contributed by atoms with Crippen molar-refractivity contribution in [3.63, 3.8) is 0 Å². The number of rotatable bonds is 6. The Morgan fingerprint density at radius 2 is 1.83 bits per heavy atom. The number of anilines is 1. The summed E-state index contributed by atoms with van der Waals surface area (Å²) in [7, 11) is 0. The van der Waals surface area contributed by atoms with Crippen LogP contribution in [0.1, 0.15) is 47.1 Å². The predicted octanol–water partition coefficient (Wildman–Crippen LogP) is 4.29. The monoisotopic (exact) mass is 404 g/mol. The highest BCUT2D eigenvalue weighted by Gasteiger charge is 2.12. The second-order valence-corrected chi connectivity index (χ2v) is 7.93. The van der Waals surface area contributed by atoms with E-state index in [0.717, 1.165) is 22.0 Å².